The number of unbranched alkanes of at least 4 members (excludes halogenated alkanes) is 3. The Bertz CT molecular complexity index is 83.9. The Hall–Kier alpha value is 0.250. The molecular weight excluding hydrogens is 172 g/mol. The summed E-state index contributed by atoms with van der Waals surface area (Å²) in [5.41, 5.74) is 0. The van der Waals surface area contributed by atoms with E-state index in [1.165, 1.54) is 12.8 Å². The van der Waals surface area contributed by atoms with E-state index in [0.29, 0.717) is 0 Å². The number of halogens is 1. The maximum Gasteiger partial charge on any atom is 0.0480 e. The van der Waals surface area contributed by atoms with Gasteiger partial charge in [0.15, 0.2) is 0 Å². The summed E-state index contributed by atoms with van der Waals surface area (Å²) in [5, 5.41) is 0.241. The zero-order valence-corrected chi connectivity index (χ0v) is 8.78. The van der Waals surface area contributed by atoms with Crippen molar-refractivity contribution in [1.29, 1.82) is 0 Å². The molecule has 0 aliphatic carbocycles. The van der Waals surface area contributed by atoms with E-state index in [1.54, 1.807) is 0 Å². The average molecular weight is 192 g/mol. The lowest BCUT2D eigenvalue weighted by Crippen LogP contribution is -2.01. The van der Waals surface area contributed by atoms with Crippen molar-refractivity contribution in [3.8, 4) is 0 Å². The highest BCUT2D eigenvalue weighted by molar-refractivity contribution is 6.20. The Morgan fingerprint density at radius 2 is 2.00 bits per heavy atom. The smallest absolute Gasteiger partial charge is 0.0480 e. The fraction of sp³-hybridized carbons (Fsp3) is 0.900. The van der Waals surface area contributed by atoms with E-state index in [-0.39, 0.29) is 5.38 Å². The molecule has 0 saturated heterocycles. The first-order valence-corrected chi connectivity index (χ1v) is 5.22. The van der Waals surface area contributed by atoms with Crippen molar-refractivity contribution in [2.75, 3.05) is 13.2 Å². The van der Waals surface area contributed by atoms with Gasteiger partial charge in [-0.1, -0.05) is 26.2 Å². The lowest BCUT2D eigenvalue weighted by atomic mass is 10.2. The summed E-state index contributed by atoms with van der Waals surface area (Å²) in [7, 11) is 0. The number of alkyl halides is 1. The molecule has 0 aromatic heterocycles. The first-order valence-electron chi connectivity index (χ1n) is 4.78. The first kappa shape index (κ1) is 12.2. The molecule has 12 heavy (non-hydrogen) atoms. The molecule has 1 unspecified atom stereocenters. The van der Waals surface area contributed by atoms with Gasteiger partial charge in [-0.25, -0.2) is 0 Å². The summed E-state index contributed by atoms with van der Waals surface area (Å²) in [6.45, 7) is 7.46. The van der Waals surface area contributed by atoms with Crippen molar-refractivity contribution in [2.24, 2.45) is 0 Å². The molecule has 0 aromatic carbocycles. The standard InChI is InChI=1S/C10H20ClO/c1-3-4-5-6-8-12-9-7-10(2)11/h10H,1,3-9H2,2H3. The van der Waals surface area contributed by atoms with Crippen LogP contribution >= 0.6 is 11.6 Å². The molecule has 0 aliphatic heterocycles. The predicted octanol–water partition coefficient (Wildman–Crippen LogP) is 3.41. The molecule has 1 nitrogen and oxygen atoms in total. The molecule has 0 aromatic rings. The van der Waals surface area contributed by atoms with E-state index in [4.69, 9.17) is 16.3 Å². The maximum absolute atomic E-state index is 5.75. The Morgan fingerprint density at radius 3 is 2.58 bits per heavy atom. The number of rotatable bonds is 8. The summed E-state index contributed by atoms with van der Waals surface area (Å²) in [6.07, 6.45) is 5.61. The minimum Gasteiger partial charge on any atom is -0.381 e. The molecule has 73 valence electrons. The SMILES string of the molecule is [CH2]CCCCCOCCC(C)Cl. The largest absolute Gasteiger partial charge is 0.381 e. The van der Waals surface area contributed by atoms with Crippen LogP contribution < -0.4 is 0 Å². The summed E-state index contributed by atoms with van der Waals surface area (Å²) in [6, 6.07) is 0. The van der Waals surface area contributed by atoms with Crippen LogP contribution in [0.25, 0.3) is 0 Å². The fourth-order valence-electron chi connectivity index (χ4n) is 0.905. The number of hydrogen-bond acceptors (Lipinski definition) is 1. The van der Waals surface area contributed by atoms with Crippen molar-refractivity contribution >= 4 is 11.6 Å². The lowest BCUT2D eigenvalue weighted by molar-refractivity contribution is 0.128. The molecular formula is C10H20ClO. The average Bonchev–Trinajstić information content (AvgIpc) is 2.02. The zero-order valence-electron chi connectivity index (χ0n) is 8.02. The highest BCUT2D eigenvalue weighted by Gasteiger charge is 1.95. The number of ether oxygens (including phenoxy) is 1. The lowest BCUT2D eigenvalue weighted by Gasteiger charge is -2.04. The summed E-state index contributed by atoms with van der Waals surface area (Å²) in [5.74, 6) is 0. The van der Waals surface area contributed by atoms with Crippen molar-refractivity contribution in [1.82, 2.24) is 0 Å². The Morgan fingerprint density at radius 1 is 1.25 bits per heavy atom. The van der Waals surface area contributed by atoms with Gasteiger partial charge >= 0.3 is 0 Å². The Balaban J connectivity index is 2.82. The molecule has 0 fully saturated rings. The van der Waals surface area contributed by atoms with Crippen molar-refractivity contribution in [3.05, 3.63) is 6.92 Å². The van der Waals surface area contributed by atoms with Crippen LogP contribution in [-0.4, -0.2) is 18.6 Å². The summed E-state index contributed by atoms with van der Waals surface area (Å²) >= 11 is 5.75. The van der Waals surface area contributed by atoms with Crippen LogP contribution in [-0.2, 0) is 4.74 Å². The van der Waals surface area contributed by atoms with Crippen LogP contribution in [0.3, 0.4) is 0 Å². The minimum atomic E-state index is 0.241. The van der Waals surface area contributed by atoms with Crippen molar-refractivity contribution in [3.63, 3.8) is 0 Å². The van der Waals surface area contributed by atoms with Crippen molar-refractivity contribution < 1.29 is 4.74 Å². The van der Waals surface area contributed by atoms with E-state index in [2.05, 4.69) is 6.92 Å². The molecule has 0 rings (SSSR count). The van der Waals surface area contributed by atoms with Crippen molar-refractivity contribution in [2.45, 2.75) is 44.4 Å². The third kappa shape index (κ3) is 10.2. The topological polar surface area (TPSA) is 9.23 Å². The van der Waals surface area contributed by atoms with Crippen LogP contribution in [0.1, 0.15) is 39.0 Å². The van der Waals surface area contributed by atoms with Gasteiger partial charge in [-0.3, -0.25) is 0 Å². The molecule has 2 heteroatoms. The molecule has 1 atom stereocenters. The second kappa shape index (κ2) is 9.34. The van der Waals surface area contributed by atoms with E-state index in [0.717, 1.165) is 32.5 Å². The van der Waals surface area contributed by atoms with Gasteiger partial charge in [0, 0.05) is 18.6 Å². The van der Waals surface area contributed by atoms with E-state index < -0.39 is 0 Å². The van der Waals surface area contributed by atoms with E-state index in [9.17, 15) is 0 Å². The molecule has 0 heterocycles. The fourth-order valence-corrected chi connectivity index (χ4v) is 0.995. The first-order chi connectivity index (χ1) is 5.77. The number of hydrogen-bond donors (Lipinski definition) is 0. The third-order valence-electron chi connectivity index (χ3n) is 1.70. The van der Waals surface area contributed by atoms with Gasteiger partial charge in [-0.2, -0.15) is 0 Å². The molecule has 0 spiro atoms. The van der Waals surface area contributed by atoms with Crippen LogP contribution in [0.2, 0.25) is 0 Å². The second-order valence-electron chi connectivity index (χ2n) is 3.10. The zero-order chi connectivity index (χ0) is 9.23. The quantitative estimate of drug-likeness (QED) is 0.422. The summed E-state index contributed by atoms with van der Waals surface area (Å²) in [4.78, 5) is 0. The summed E-state index contributed by atoms with van der Waals surface area (Å²) < 4.78 is 5.39. The highest BCUT2D eigenvalue weighted by atomic mass is 35.5. The molecule has 0 saturated carbocycles. The van der Waals surface area contributed by atoms with Gasteiger partial charge in [0.1, 0.15) is 0 Å². The van der Waals surface area contributed by atoms with Gasteiger partial charge in [0.2, 0.25) is 0 Å². The Labute approximate surface area is 81.4 Å². The van der Waals surface area contributed by atoms with Crippen LogP contribution in [0.5, 0.6) is 0 Å². The Kier molecular flexibility index (Phi) is 9.53. The van der Waals surface area contributed by atoms with Crippen LogP contribution in [0.4, 0.5) is 0 Å². The van der Waals surface area contributed by atoms with E-state index >= 15 is 0 Å². The molecule has 0 aliphatic rings. The second-order valence-corrected chi connectivity index (χ2v) is 3.84. The normalized spacial score (nSPS) is 13.2. The van der Waals surface area contributed by atoms with Gasteiger partial charge in [0.05, 0.1) is 0 Å². The van der Waals surface area contributed by atoms with E-state index in [1.807, 2.05) is 6.92 Å². The predicted molar refractivity (Wildman–Crippen MR) is 54.6 cm³/mol. The van der Waals surface area contributed by atoms with Gasteiger partial charge in [0.25, 0.3) is 0 Å². The highest BCUT2D eigenvalue weighted by Crippen LogP contribution is 2.02. The van der Waals surface area contributed by atoms with Crippen LogP contribution in [0, 0.1) is 6.92 Å². The van der Waals surface area contributed by atoms with Gasteiger partial charge in [-0.15, -0.1) is 11.6 Å². The minimum absolute atomic E-state index is 0.241. The molecule has 1 radical (unpaired) electrons. The third-order valence-corrected chi connectivity index (χ3v) is 1.92. The monoisotopic (exact) mass is 191 g/mol. The molecule has 0 N–H and O–H groups in total. The van der Waals surface area contributed by atoms with Gasteiger partial charge < -0.3 is 4.74 Å². The molecule has 0 amide bonds. The van der Waals surface area contributed by atoms with Gasteiger partial charge in [-0.05, 0) is 19.8 Å². The maximum atomic E-state index is 5.75. The molecule has 0 bridgehead atoms. The van der Waals surface area contributed by atoms with Crippen LogP contribution in [0.15, 0.2) is 0 Å².